The third-order valence-electron chi connectivity index (χ3n) is 5.23. The van der Waals surface area contributed by atoms with Gasteiger partial charge in [-0.2, -0.15) is 0 Å². The van der Waals surface area contributed by atoms with Crippen molar-refractivity contribution in [2.24, 2.45) is 0 Å². The summed E-state index contributed by atoms with van der Waals surface area (Å²) >= 11 is 3.74. The molecular weight excluding hydrogens is 452 g/mol. The standard InChI is InChI=1S/C26H33BrN2O2/c1-5-6-10-21-23(27)22-11-7-8-17-29(22)24(21)25(30)19-12-14-20(15-13-19)31-18-9-16-28-26(2,3)4/h7-8,11-15,17,28H,5-6,9-10,16,18H2,1-4H3. The van der Waals surface area contributed by atoms with Crippen molar-refractivity contribution in [3.63, 3.8) is 0 Å². The number of pyridine rings is 1. The highest BCUT2D eigenvalue weighted by Crippen LogP contribution is 2.32. The molecule has 0 aliphatic carbocycles. The maximum Gasteiger partial charge on any atom is 0.210 e. The topological polar surface area (TPSA) is 42.7 Å². The molecular formula is C26H33BrN2O2. The van der Waals surface area contributed by atoms with Crippen LogP contribution in [0.25, 0.3) is 5.52 Å². The smallest absolute Gasteiger partial charge is 0.210 e. The fourth-order valence-corrected chi connectivity index (χ4v) is 4.32. The van der Waals surface area contributed by atoms with Crippen LogP contribution in [0.5, 0.6) is 5.75 Å². The first-order chi connectivity index (χ1) is 14.8. The lowest BCUT2D eigenvalue weighted by atomic mass is 10.0. The Bertz CT molecular complexity index is 1020. The van der Waals surface area contributed by atoms with E-state index in [1.807, 2.05) is 53.1 Å². The molecule has 0 atom stereocenters. The van der Waals surface area contributed by atoms with E-state index in [-0.39, 0.29) is 11.3 Å². The SMILES string of the molecule is CCCCc1c(Br)c2ccccn2c1C(=O)c1ccc(OCCCNC(C)(C)C)cc1. The van der Waals surface area contributed by atoms with E-state index >= 15 is 0 Å². The molecule has 5 heteroatoms. The molecule has 166 valence electrons. The van der Waals surface area contributed by atoms with E-state index in [0.717, 1.165) is 59.2 Å². The molecule has 0 bridgehead atoms. The van der Waals surface area contributed by atoms with Gasteiger partial charge in [-0.1, -0.05) is 19.4 Å². The molecule has 3 aromatic rings. The molecule has 0 unspecified atom stereocenters. The molecule has 1 aromatic carbocycles. The zero-order valence-corrected chi connectivity index (χ0v) is 20.6. The Labute approximate surface area is 194 Å². The predicted molar refractivity (Wildman–Crippen MR) is 131 cm³/mol. The molecule has 0 aliphatic rings. The van der Waals surface area contributed by atoms with Gasteiger partial charge in [-0.15, -0.1) is 0 Å². The van der Waals surface area contributed by atoms with E-state index in [4.69, 9.17) is 4.74 Å². The first-order valence-electron chi connectivity index (χ1n) is 11.1. The minimum absolute atomic E-state index is 0.0407. The first-order valence-corrected chi connectivity index (χ1v) is 11.9. The number of carbonyl (C=O) groups is 1. The summed E-state index contributed by atoms with van der Waals surface area (Å²) in [7, 11) is 0. The number of ketones is 1. The van der Waals surface area contributed by atoms with Gasteiger partial charge in [-0.3, -0.25) is 4.79 Å². The summed E-state index contributed by atoms with van der Waals surface area (Å²) in [6.07, 6.45) is 5.91. The number of carbonyl (C=O) groups excluding carboxylic acids is 1. The van der Waals surface area contributed by atoms with Gasteiger partial charge in [0.15, 0.2) is 0 Å². The number of hydrogen-bond acceptors (Lipinski definition) is 3. The van der Waals surface area contributed by atoms with Gasteiger partial charge in [-0.05, 0) is 104 Å². The summed E-state index contributed by atoms with van der Waals surface area (Å²) in [5, 5.41) is 3.46. The maximum absolute atomic E-state index is 13.5. The minimum atomic E-state index is 0.0407. The van der Waals surface area contributed by atoms with Gasteiger partial charge in [0.25, 0.3) is 0 Å². The lowest BCUT2D eigenvalue weighted by molar-refractivity contribution is 0.103. The summed E-state index contributed by atoms with van der Waals surface area (Å²) in [6, 6.07) is 13.5. The molecule has 0 aliphatic heterocycles. The van der Waals surface area contributed by atoms with Crippen LogP contribution >= 0.6 is 15.9 Å². The van der Waals surface area contributed by atoms with Crippen molar-refractivity contribution in [2.75, 3.05) is 13.2 Å². The number of ether oxygens (including phenoxy) is 1. The molecule has 0 saturated carbocycles. The molecule has 31 heavy (non-hydrogen) atoms. The second-order valence-corrected chi connectivity index (χ2v) is 9.73. The van der Waals surface area contributed by atoms with E-state index in [2.05, 4.69) is 48.9 Å². The highest BCUT2D eigenvalue weighted by Gasteiger charge is 2.22. The Balaban J connectivity index is 1.74. The Morgan fingerprint density at radius 1 is 1.10 bits per heavy atom. The highest BCUT2D eigenvalue weighted by atomic mass is 79.9. The van der Waals surface area contributed by atoms with Gasteiger partial charge in [0, 0.05) is 21.8 Å². The number of fused-ring (bicyclic) bond motifs is 1. The molecule has 0 amide bonds. The number of hydrogen-bond donors (Lipinski definition) is 1. The molecule has 0 fully saturated rings. The highest BCUT2D eigenvalue weighted by molar-refractivity contribution is 9.10. The number of unbranched alkanes of at least 4 members (excludes halogenated alkanes) is 1. The van der Waals surface area contributed by atoms with Crippen molar-refractivity contribution in [2.45, 2.75) is 58.9 Å². The zero-order valence-electron chi connectivity index (χ0n) is 19.0. The van der Waals surface area contributed by atoms with Crippen LogP contribution in [0.3, 0.4) is 0 Å². The molecule has 1 N–H and O–H groups in total. The van der Waals surface area contributed by atoms with Gasteiger partial charge in [0.2, 0.25) is 5.78 Å². The monoisotopic (exact) mass is 484 g/mol. The largest absolute Gasteiger partial charge is 0.494 e. The normalized spacial score (nSPS) is 11.8. The van der Waals surface area contributed by atoms with Crippen molar-refractivity contribution >= 4 is 27.2 Å². The molecule has 0 saturated heterocycles. The molecule has 0 radical (unpaired) electrons. The Morgan fingerprint density at radius 3 is 2.52 bits per heavy atom. The Hall–Kier alpha value is -2.11. The summed E-state index contributed by atoms with van der Waals surface area (Å²) in [6.45, 7) is 10.2. The van der Waals surface area contributed by atoms with Crippen molar-refractivity contribution in [3.8, 4) is 5.75 Å². The van der Waals surface area contributed by atoms with Crippen LogP contribution in [0.4, 0.5) is 0 Å². The fourth-order valence-electron chi connectivity index (χ4n) is 3.61. The Morgan fingerprint density at radius 2 is 1.84 bits per heavy atom. The maximum atomic E-state index is 13.5. The second-order valence-electron chi connectivity index (χ2n) is 8.93. The first kappa shape index (κ1) is 23.6. The lowest BCUT2D eigenvalue weighted by Crippen LogP contribution is -2.36. The molecule has 4 nitrogen and oxygen atoms in total. The van der Waals surface area contributed by atoms with E-state index in [9.17, 15) is 4.79 Å². The number of nitrogens with zero attached hydrogens (tertiary/aromatic N) is 1. The van der Waals surface area contributed by atoms with Crippen molar-refractivity contribution in [3.05, 3.63) is 70.0 Å². The number of benzene rings is 1. The van der Waals surface area contributed by atoms with Crippen molar-refractivity contribution < 1.29 is 9.53 Å². The van der Waals surface area contributed by atoms with E-state index in [1.54, 1.807) is 0 Å². The summed E-state index contributed by atoms with van der Waals surface area (Å²) in [5.74, 6) is 0.832. The number of nitrogens with one attached hydrogen (secondary N) is 1. The van der Waals surface area contributed by atoms with Crippen LogP contribution in [0, 0.1) is 0 Å². The molecule has 0 spiro atoms. The number of rotatable bonds is 10. The number of halogens is 1. The third kappa shape index (κ3) is 5.98. The molecule has 2 aromatic heterocycles. The average Bonchev–Trinajstić information content (AvgIpc) is 3.03. The van der Waals surface area contributed by atoms with Gasteiger partial charge in [-0.25, -0.2) is 0 Å². The van der Waals surface area contributed by atoms with Gasteiger partial charge < -0.3 is 14.5 Å². The fraction of sp³-hybridized carbons (Fsp3) is 0.423. The van der Waals surface area contributed by atoms with Crippen LogP contribution in [0.2, 0.25) is 0 Å². The van der Waals surface area contributed by atoms with Crippen LogP contribution in [0.15, 0.2) is 53.1 Å². The van der Waals surface area contributed by atoms with E-state index < -0.39 is 0 Å². The van der Waals surface area contributed by atoms with E-state index in [0.29, 0.717) is 12.2 Å². The van der Waals surface area contributed by atoms with Crippen LogP contribution in [-0.2, 0) is 6.42 Å². The lowest BCUT2D eigenvalue weighted by Gasteiger charge is -2.20. The quantitative estimate of drug-likeness (QED) is 0.266. The molecule has 2 heterocycles. The second kappa shape index (κ2) is 10.5. The van der Waals surface area contributed by atoms with Crippen LogP contribution in [-0.4, -0.2) is 28.9 Å². The summed E-state index contributed by atoms with van der Waals surface area (Å²) in [5.41, 5.74) is 3.66. The van der Waals surface area contributed by atoms with Crippen molar-refractivity contribution in [1.82, 2.24) is 9.72 Å². The minimum Gasteiger partial charge on any atom is -0.494 e. The summed E-state index contributed by atoms with van der Waals surface area (Å²) in [4.78, 5) is 13.5. The number of aromatic nitrogens is 1. The average molecular weight is 485 g/mol. The van der Waals surface area contributed by atoms with Gasteiger partial charge in [0.1, 0.15) is 5.75 Å². The van der Waals surface area contributed by atoms with Crippen molar-refractivity contribution in [1.29, 1.82) is 0 Å². The van der Waals surface area contributed by atoms with Crippen LogP contribution < -0.4 is 10.1 Å². The third-order valence-corrected chi connectivity index (χ3v) is 6.12. The van der Waals surface area contributed by atoms with Gasteiger partial charge >= 0.3 is 0 Å². The Kier molecular flexibility index (Phi) is 7.95. The van der Waals surface area contributed by atoms with E-state index in [1.165, 1.54) is 0 Å². The summed E-state index contributed by atoms with van der Waals surface area (Å²) < 4.78 is 8.87. The van der Waals surface area contributed by atoms with Crippen LogP contribution in [0.1, 0.15) is 68.6 Å². The molecule has 3 rings (SSSR count). The zero-order chi connectivity index (χ0) is 22.4. The predicted octanol–water partition coefficient (Wildman–Crippen LogP) is 6.43. The van der Waals surface area contributed by atoms with Gasteiger partial charge in [0.05, 0.1) is 17.8 Å².